The van der Waals surface area contributed by atoms with Crippen LogP contribution in [0.5, 0.6) is 0 Å². The van der Waals surface area contributed by atoms with Crippen LogP contribution >= 0.6 is 23.1 Å². The number of hydrogen-bond acceptors (Lipinski definition) is 4. The Morgan fingerprint density at radius 3 is 3.05 bits per heavy atom. The first-order valence-electron chi connectivity index (χ1n) is 7.04. The average Bonchev–Trinajstić information content (AvgIpc) is 2.98. The molecule has 0 amide bonds. The highest BCUT2D eigenvalue weighted by Crippen LogP contribution is 2.27. The number of nitrogens with one attached hydrogen (secondary N) is 1. The average molecular weight is 297 g/mol. The summed E-state index contributed by atoms with van der Waals surface area (Å²) in [6.07, 6.45) is 4.53. The fourth-order valence-corrected chi connectivity index (χ4v) is 3.77. The van der Waals surface area contributed by atoms with Crippen LogP contribution in [0.4, 0.5) is 0 Å². The molecule has 1 atom stereocenters. The number of hydrogen-bond donors (Lipinski definition) is 1. The Balaban J connectivity index is 2.11. The van der Waals surface area contributed by atoms with Crippen LogP contribution in [-0.4, -0.2) is 21.7 Å². The monoisotopic (exact) mass is 297 g/mol. The smallest absolute Gasteiger partial charge is 0.194 e. The van der Waals surface area contributed by atoms with Crippen LogP contribution < -0.4 is 5.32 Å². The predicted molar refractivity (Wildman–Crippen MR) is 85.2 cm³/mol. The molecule has 0 saturated heterocycles. The van der Waals surface area contributed by atoms with Crippen molar-refractivity contribution in [1.82, 2.24) is 14.7 Å². The number of thioether (sulfide) groups is 1. The Labute approximate surface area is 123 Å². The standard InChI is InChI=1S/C14H23N3S2/c1-4-6-15-9-12-13(19-10-11(3)5-2)16-14-17(12)7-8-18-14/h7-8,11,15H,4-6,9-10H2,1-3H3. The fraction of sp³-hybridized carbons (Fsp3) is 0.643. The molecule has 0 bridgehead atoms. The highest BCUT2D eigenvalue weighted by atomic mass is 32.2. The van der Waals surface area contributed by atoms with Crippen LogP contribution in [0.15, 0.2) is 16.6 Å². The third kappa shape index (κ3) is 3.74. The number of rotatable bonds is 8. The molecule has 3 nitrogen and oxygen atoms in total. The van der Waals surface area contributed by atoms with E-state index in [0.29, 0.717) is 0 Å². The molecule has 2 aromatic rings. The lowest BCUT2D eigenvalue weighted by molar-refractivity contribution is 0.634. The third-order valence-corrected chi connectivity index (χ3v) is 5.34. The molecule has 1 N–H and O–H groups in total. The topological polar surface area (TPSA) is 29.3 Å². The van der Waals surface area contributed by atoms with Gasteiger partial charge >= 0.3 is 0 Å². The first-order valence-corrected chi connectivity index (χ1v) is 8.90. The molecule has 0 aliphatic heterocycles. The minimum absolute atomic E-state index is 0.751. The lowest BCUT2D eigenvalue weighted by atomic mass is 10.2. The van der Waals surface area contributed by atoms with Gasteiger partial charge in [-0.25, -0.2) is 4.98 Å². The Morgan fingerprint density at radius 2 is 2.32 bits per heavy atom. The molecule has 0 aliphatic carbocycles. The first kappa shape index (κ1) is 14.9. The zero-order chi connectivity index (χ0) is 13.7. The predicted octanol–water partition coefficient (Wildman–Crippen LogP) is 4.03. The zero-order valence-corrected chi connectivity index (χ0v) is 13.6. The lowest BCUT2D eigenvalue weighted by Crippen LogP contribution is -2.15. The van der Waals surface area contributed by atoms with Crippen LogP contribution in [0.25, 0.3) is 4.96 Å². The summed E-state index contributed by atoms with van der Waals surface area (Å²) in [5, 5.41) is 6.80. The summed E-state index contributed by atoms with van der Waals surface area (Å²) in [5.74, 6) is 1.91. The van der Waals surface area contributed by atoms with Crippen LogP contribution in [0, 0.1) is 5.92 Å². The van der Waals surface area contributed by atoms with Crippen molar-refractivity contribution >= 4 is 28.1 Å². The van der Waals surface area contributed by atoms with E-state index in [9.17, 15) is 0 Å². The Bertz CT molecular complexity index is 504. The van der Waals surface area contributed by atoms with Gasteiger partial charge in [-0.3, -0.25) is 4.40 Å². The van der Waals surface area contributed by atoms with Crippen molar-refractivity contribution in [2.45, 2.75) is 45.2 Å². The first-order chi connectivity index (χ1) is 9.26. The molecule has 0 radical (unpaired) electrons. The van der Waals surface area contributed by atoms with Crippen LogP contribution in [0.2, 0.25) is 0 Å². The number of fused-ring (bicyclic) bond motifs is 1. The molecule has 2 rings (SSSR count). The van der Waals surface area contributed by atoms with E-state index in [1.165, 1.54) is 23.6 Å². The molecule has 2 aromatic heterocycles. The molecule has 0 aromatic carbocycles. The van der Waals surface area contributed by atoms with E-state index in [-0.39, 0.29) is 0 Å². The summed E-state index contributed by atoms with van der Waals surface area (Å²) in [7, 11) is 0. The number of aromatic nitrogens is 2. The molecule has 0 saturated carbocycles. The van der Waals surface area contributed by atoms with E-state index in [1.807, 2.05) is 11.8 Å². The maximum absolute atomic E-state index is 4.76. The van der Waals surface area contributed by atoms with Gasteiger partial charge in [0.05, 0.1) is 5.69 Å². The zero-order valence-electron chi connectivity index (χ0n) is 12.0. The second kappa shape index (κ2) is 7.31. The summed E-state index contributed by atoms with van der Waals surface area (Å²) in [4.78, 5) is 5.87. The Kier molecular flexibility index (Phi) is 5.73. The molecule has 106 valence electrons. The molecular formula is C14H23N3S2. The largest absolute Gasteiger partial charge is 0.311 e. The van der Waals surface area contributed by atoms with Gasteiger partial charge in [0.2, 0.25) is 0 Å². The van der Waals surface area contributed by atoms with E-state index < -0.39 is 0 Å². The Hall–Kier alpha value is -0.520. The molecule has 0 fully saturated rings. The highest BCUT2D eigenvalue weighted by molar-refractivity contribution is 7.99. The SMILES string of the molecule is CCCNCc1c(SCC(C)CC)nc2sccn12. The molecule has 1 unspecified atom stereocenters. The second-order valence-electron chi connectivity index (χ2n) is 4.92. The van der Waals surface area contributed by atoms with E-state index >= 15 is 0 Å². The van der Waals surface area contributed by atoms with Crippen molar-refractivity contribution in [2.75, 3.05) is 12.3 Å². The lowest BCUT2D eigenvalue weighted by Gasteiger charge is -2.08. The summed E-state index contributed by atoms with van der Waals surface area (Å²) in [5.41, 5.74) is 1.32. The highest BCUT2D eigenvalue weighted by Gasteiger charge is 2.14. The van der Waals surface area contributed by atoms with Gasteiger partial charge in [0.25, 0.3) is 0 Å². The minimum atomic E-state index is 0.751. The van der Waals surface area contributed by atoms with Crippen molar-refractivity contribution in [2.24, 2.45) is 5.92 Å². The quantitative estimate of drug-likeness (QED) is 0.589. The van der Waals surface area contributed by atoms with Gasteiger partial charge in [0.15, 0.2) is 4.96 Å². The third-order valence-electron chi connectivity index (χ3n) is 3.25. The Morgan fingerprint density at radius 1 is 1.47 bits per heavy atom. The molecule has 19 heavy (non-hydrogen) atoms. The normalized spacial score (nSPS) is 13.2. The van der Waals surface area contributed by atoms with Crippen molar-refractivity contribution < 1.29 is 0 Å². The van der Waals surface area contributed by atoms with Gasteiger partial charge < -0.3 is 5.32 Å². The number of thiazole rings is 1. The van der Waals surface area contributed by atoms with Crippen molar-refractivity contribution in [3.05, 3.63) is 17.3 Å². The van der Waals surface area contributed by atoms with Crippen molar-refractivity contribution in [1.29, 1.82) is 0 Å². The summed E-state index contributed by atoms with van der Waals surface area (Å²) >= 11 is 3.62. The van der Waals surface area contributed by atoms with Crippen molar-refractivity contribution in [3.63, 3.8) is 0 Å². The van der Waals surface area contributed by atoms with E-state index in [4.69, 9.17) is 4.98 Å². The summed E-state index contributed by atoms with van der Waals surface area (Å²) in [6, 6.07) is 0. The van der Waals surface area contributed by atoms with Gasteiger partial charge in [0, 0.05) is 23.9 Å². The molecule has 0 spiro atoms. The molecular weight excluding hydrogens is 274 g/mol. The van der Waals surface area contributed by atoms with Crippen LogP contribution in [-0.2, 0) is 6.54 Å². The van der Waals surface area contributed by atoms with Gasteiger partial charge in [-0.2, -0.15) is 0 Å². The maximum Gasteiger partial charge on any atom is 0.194 e. The second-order valence-corrected chi connectivity index (χ2v) is 6.80. The van der Waals surface area contributed by atoms with E-state index in [0.717, 1.165) is 29.7 Å². The molecule has 2 heterocycles. The van der Waals surface area contributed by atoms with E-state index in [2.05, 4.69) is 42.1 Å². The van der Waals surface area contributed by atoms with Gasteiger partial charge in [-0.15, -0.1) is 23.1 Å². The van der Waals surface area contributed by atoms with Gasteiger partial charge in [-0.05, 0) is 18.9 Å². The van der Waals surface area contributed by atoms with Crippen LogP contribution in [0.3, 0.4) is 0 Å². The molecule has 5 heteroatoms. The van der Waals surface area contributed by atoms with Crippen LogP contribution in [0.1, 0.15) is 39.3 Å². The summed E-state index contributed by atoms with van der Waals surface area (Å²) in [6.45, 7) is 8.73. The van der Waals surface area contributed by atoms with Gasteiger partial charge in [-0.1, -0.05) is 27.2 Å². The fourth-order valence-electron chi connectivity index (χ4n) is 1.81. The summed E-state index contributed by atoms with van der Waals surface area (Å²) < 4.78 is 2.23. The van der Waals surface area contributed by atoms with Gasteiger partial charge in [0.1, 0.15) is 5.03 Å². The number of imidazole rings is 1. The molecule has 0 aliphatic rings. The van der Waals surface area contributed by atoms with Crippen molar-refractivity contribution in [3.8, 4) is 0 Å². The minimum Gasteiger partial charge on any atom is -0.311 e. The van der Waals surface area contributed by atoms with E-state index in [1.54, 1.807) is 11.3 Å². The maximum atomic E-state index is 4.76. The number of nitrogens with zero attached hydrogens (tertiary/aromatic N) is 2.